The first-order valence-corrected chi connectivity index (χ1v) is 7.00. The molecule has 1 aromatic heterocycles. The van der Waals surface area contributed by atoms with Gasteiger partial charge in [-0.25, -0.2) is 4.79 Å². The maximum absolute atomic E-state index is 11.6. The third-order valence-corrected chi connectivity index (χ3v) is 4.61. The van der Waals surface area contributed by atoms with Crippen molar-refractivity contribution in [3.63, 3.8) is 0 Å². The van der Waals surface area contributed by atoms with Crippen molar-refractivity contribution < 1.29 is 4.79 Å². The van der Waals surface area contributed by atoms with Crippen molar-refractivity contribution in [1.82, 2.24) is 9.47 Å². The van der Waals surface area contributed by atoms with Crippen molar-refractivity contribution in [2.45, 2.75) is 18.9 Å². The zero-order valence-corrected chi connectivity index (χ0v) is 11.5. The Hall–Kier alpha value is -2.07. The molecular weight excluding hydrogens is 250 g/mol. The van der Waals surface area contributed by atoms with Crippen LogP contribution in [0.2, 0.25) is 0 Å². The smallest absolute Gasteiger partial charge is 0.323 e. The Balaban J connectivity index is 2.04. The molecule has 2 aromatic rings. The van der Waals surface area contributed by atoms with Crippen LogP contribution in [0.5, 0.6) is 0 Å². The van der Waals surface area contributed by atoms with Gasteiger partial charge in [0.05, 0.1) is 5.52 Å². The molecular formula is C16H17N3O. The Morgan fingerprint density at radius 2 is 2.25 bits per heavy atom. The number of amides is 1. The Morgan fingerprint density at radius 3 is 3.05 bits per heavy atom. The first-order valence-electron chi connectivity index (χ1n) is 7.00. The maximum Gasteiger partial charge on any atom is 0.323 e. The number of nitrogens with two attached hydrogens (primary N) is 1. The molecule has 102 valence electrons. The fourth-order valence-electron chi connectivity index (χ4n) is 3.66. The number of aromatic nitrogens is 1. The predicted octanol–water partition coefficient (Wildman–Crippen LogP) is 2.21. The lowest BCUT2D eigenvalue weighted by Gasteiger charge is -2.36. The highest BCUT2D eigenvalue weighted by molar-refractivity contribution is 6.02. The molecule has 1 amide bonds. The van der Waals surface area contributed by atoms with Crippen molar-refractivity contribution in [1.29, 1.82) is 0 Å². The van der Waals surface area contributed by atoms with E-state index in [4.69, 9.17) is 5.73 Å². The number of nitrogens with zero attached hydrogens (tertiary/aromatic N) is 2. The minimum absolute atomic E-state index is 0.411. The van der Waals surface area contributed by atoms with E-state index < -0.39 is 6.03 Å². The van der Waals surface area contributed by atoms with Crippen LogP contribution in [0.4, 0.5) is 4.79 Å². The van der Waals surface area contributed by atoms with Gasteiger partial charge in [0.15, 0.2) is 0 Å². The maximum atomic E-state index is 11.6. The summed E-state index contributed by atoms with van der Waals surface area (Å²) in [5.41, 5.74) is 10.3. The topological polar surface area (TPSA) is 51.3 Å². The Bertz CT molecular complexity index is 756. The summed E-state index contributed by atoms with van der Waals surface area (Å²) in [5.74, 6) is 0. The number of rotatable bonds is 0. The number of benzene rings is 1. The average molecular weight is 267 g/mol. The van der Waals surface area contributed by atoms with E-state index in [1.165, 1.54) is 22.1 Å². The van der Waals surface area contributed by atoms with Crippen molar-refractivity contribution in [2.75, 3.05) is 13.6 Å². The summed E-state index contributed by atoms with van der Waals surface area (Å²) in [6, 6.07) is 6.16. The molecule has 0 spiro atoms. The second-order valence-corrected chi connectivity index (χ2v) is 5.71. The van der Waals surface area contributed by atoms with Gasteiger partial charge in [0, 0.05) is 24.2 Å². The molecule has 0 radical (unpaired) electrons. The van der Waals surface area contributed by atoms with Crippen molar-refractivity contribution in [2.24, 2.45) is 5.73 Å². The normalized spacial score (nSPS) is 21.6. The highest BCUT2D eigenvalue weighted by atomic mass is 16.2. The van der Waals surface area contributed by atoms with Gasteiger partial charge in [0.1, 0.15) is 0 Å². The lowest BCUT2D eigenvalue weighted by molar-refractivity contribution is 0.251. The largest absolute Gasteiger partial charge is 0.351 e. The zero-order valence-electron chi connectivity index (χ0n) is 11.5. The minimum Gasteiger partial charge on any atom is -0.351 e. The van der Waals surface area contributed by atoms with E-state index in [2.05, 4.69) is 24.1 Å². The van der Waals surface area contributed by atoms with Crippen LogP contribution in [0.15, 0.2) is 30.5 Å². The second-order valence-electron chi connectivity index (χ2n) is 5.71. The van der Waals surface area contributed by atoms with Crippen LogP contribution < -0.4 is 5.73 Å². The molecule has 1 aliphatic carbocycles. The Labute approximate surface area is 117 Å². The van der Waals surface area contributed by atoms with Gasteiger partial charge in [-0.1, -0.05) is 18.2 Å². The first kappa shape index (κ1) is 11.7. The van der Waals surface area contributed by atoms with Crippen molar-refractivity contribution in [3.8, 4) is 0 Å². The van der Waals surface area contributed by atoms with E-state index >= 15 is 0 Å². The molecule has 1 aliphatic heterocycles. The molecule has 0 saturated heterocycles. The number of carbonyl (C=O) groups is 1. The first-order chi connectivity index (χ1) is 9.66. The van der Waals surface area contributed by atoms with E-state index in [1.807, 2.05) is 18.3 Å². The van der Waals surface area contributed by atoms with Gasteiger partial charge >= 0.3 is 6.03 Å². The highest BCUT2D eigenvalue weighted by Crippen LogP contribution is 2.40. The molecule has 1 aromatic carbocycles. The van der Waals surface area contributed by atoms with Gasteiger partial charge in [-0.15, -0.1) is 0 Å². The standard InChI is InChI=1S/C16H17N3O/c1-18-7-3-5-11-12-4-2-6-13-15(12)10(8-14(11)18)9-19(13)16(17)20/h2,4-6,9,14H,3,7-8H2,1H3,(H2,17,20)/t14-/m1/s1. The summed E-state index contributed by atoms with van der Waals surface area (Å²) in [6.45, 7) is 1.09. The predicted molar refractivity (Wildman–Crippen MR) is 79.6 cm³/mol. The van der Waals surface area contributed by atoms with Crippen LogP contribution >= 0.6 is 0 Å². The SMILES string of the molecule is CN1CCC=C2c3cccc4c3c(cn4C(N)=O)C[C@H]21. The molecule has 4 heteroatoms. The number of hydrogen-bond acceptors (Lipinski definition) is 2. The number of primary amides is 1. The van der Waals surface area contributed by atoms with Crippen LogP contribution in [-0.4, -0.2) is 35.1 Å². The molecule has 4 rings (SSSR count). The molecule has 0 unspecified atom stereocenters. The van der Waals surface area contributed by atoms with E-state index in [9.17, 15) is 4.79 Å². The molecule has 20 heavy (non-hydrogen) atoms. The highest BCUT2D eigenvalue weighted by Gasteiger charge is 2.31. The molecule has 2 N–H and O–H groups in total. The lowest BCUT2D eigenvalue weighted by Crippen LogP contribution is -2.39. The van der Waals surface area contributed by atoms with Gasteiger partial charge in [0.25, 0.3) is 0 Å². The summed E-state index contributed by atoms with van der Waals surface area (Å²) in [7, 11) is 2.17. The van der Waals surface area contributed by atoms with Crippen LogP contribution in [-0.2, 0) is 6.42 Å². The number of carbonyl (C=O) groups excluding carboxylic acids is 1. The Kier molecular flexibility index (Phi) is 2.32. The van der Waals surface area contributed by atoms with Gasteiger partial charge in [-0.2, -0.15) is 0 Å². The monoisotopic (exact) mass is 267 g/mol. The molecule has 0 bridgehead atoms. The van der Waals surface area contributed by atoms with Crippen LogP contribution in [0, 0.1) is 0 Å². The summed E-state index contributed by atoms with van der Waals surface area (Å²) in [5, 5.41) is 1.20. The summed E-state index contributed by atoms with van der Waals surface area (Å²) in [4.78, 5) is 14.0. The summed E-state index contributed by atoms with van der Waals surface area (Å²) in [6.07, 6.45) is 6.31. The third-order valence-electron chi connectivity index (χ3n) is 4.61. The van der Waals surface area contributed by atoms with Crippen molar-refractivity contribution in [3.05, 3.63) is 41.6 Å². The van der Waals surface area contributed by atoms with E-state index in [0.29, 0.717) is 6.04 Å². The molecule has 0 saturated carbocycles. The summed E-state index contributed by atoms with van der Waals surface area (Å²) >= 11 is 0. The molecule has 4 nitrogen and oxygen atoms in total. The fraction of sp³-hybridized carbons (Fsp3) is 0.312. The third kappa shape index (κ3) is 1.42. The van der Waals surface area contributed by atoms with Crippen LogP contribution in [0.3, 0.4) is 0 Å². The van der Waals surface area contributed by atoms with Gasteiger partial charge in [-0.05, 0) is 42.7 Å². The van der Waals surface area contributed by atoms with Gasteiger partial charge < -0.3 is 5.73 Å². The number of likely N-dealkylation sites (N-methyl/N-ethyl adjacent to an activating group) is 1. The number of hydrogen-bond donors (Lipinski definition) is 1. The summed E-state index contributed by atoms with van der Waals surface area (Å²) < 4.78 is 1.58. The average Bonchev–Trinajstić information content (AvgIpc) is 2.81. The van der Waals surface area contributed by atoms with Crippen LogP contribution in [0.1, 0.15) is 17.5 Å². The molecule has 0 fully saturated rings. The van der Waals surface area contributed by atoms with E-state index in [1.54, 1.807) is 4.57 Å². The molecule has 1 atom stereocenters. The second kappa shape index (κ2) is 3.96. The Morgan fingerprint density at radius 1 is 1.40 bits per heavy atom. The quantitative estimate of drug-likeness (QED) is 0.795. The van der Waals surface area contributed by atoms with Crippen molar-refractivity contribution >= 4 is 22.5 Å². The lowest BCUT2D eigenvalue weighted by atomic mass is 9.82. The zero-order chi connectivity index (χ0) is 13.9. The molecule has 2 aliphatic rings. The van der Waals surface area contributed by atoms with E-state index in [0.717, 1.165) is 24.9 Å². The number of fused-ring (bicyclic) bond motifs is 2. The molecule has 2 heterocycles. The fourth-order valence-corrected chi connectivity index (χ4v) is 3.66. The van der Waals surface area contributed by atoms with Crippen LogP contribution in [0.25, 0.3) is 16.5 Å². The van der Waals surface area contributed by atoms with Gasteiger partial charge in [0.2, 0.25) is 0 Å². The van der Waals surface area contributed by atoms with Gasteiger partial charge in [-0.3, -0.25) is 9.47 Å². The minimum atomic E-state index is -0.411. The van der Waals surface area contributed by atoms with E-state index in [-0.39, 0.29) is 0 Å².